The number of anilines is 1. The van der Waals surface area contributed by atoms with Crippen molar-refractivity contribution in [2.45, 2.75) is 27.2 Å². The SMILES string of the molecule is CCC(=O)C(=C\c1c(C)nc(N)nc1C)/C(C=N)=C/N. The van der Waals surface area contributed by atoms with Crippen LogP contribution in [0, 0.1) is 19.3 Å². The van der Waals surface area contributed by atoms with Crippen molar-refractivity contribution < 1.29 is 4.79 Å². The number of nitrogens with two attached hydrogens (primary N) is 2. The zero-order valence-electron chi connectivity index (χ0n) is 11.9. The Morgan fingerprint density at radius 1 is 1.30 bits per heavy atom. The second kappa shape index (κ2) is 6.60. The van der Waals surface area contributed by atoms with E-state index in [1.165, 1.54) is 6.20 Å². The Hall–Kier alpha value is -2.50. The van der Waals surface area contributed by atoms with E-state index in [1.807, 2.05) is 0 Å². The number of ketones is 1. The van der Waals surface area contributed by atoms with Gasteiger partial charge in [-0.3, -0.25) is 4.79 Å². The highest BCUT2D eigenvalue weighted by Gasteiger charge is 2.14. The van der Waals surface area contributed by atoms with Crippen LogP contribution in [-0.2, 0) is 4.79 Å². The van der Waals surface area contributed by atoms with Gasteiger partial charge in [-0.25, -0.2) is 9.97 Å². The van der Waals surface area contributed by atoms with Gasteiger partial charge < -0.3 is 16.9 Å². The molecule has 0 saturated carbocycles. The van der Waals surface area contributed by atoms with Gasteiger partial charge in [0, 0.05) is 35.5 Å². The highest BCUT2D eigenvalue weighted by atomic mass is 16.1. The molecule has 1 aromatic heterocycles. The van der Waals surface area contributed by atoms with Crippen molar-refractivity contribution in [2.24, 2.45) is 5.73 Å². The predicted octanol–water partition coefficient (Wildman–Crippen LogP) is 1.53. The normalized spacial score (nSPS) is 12.3. The Balaban J connectivity index is 3.49. The van der Waals surface area contributed by atoms with Crippen molar-refractivity contribution in [2.75, 3.05) is 5.73 Å². The maximum Gasteiger partial charge on any atom is 0.220 e. The van der Waals surface area contributed by atoms with Gasteiger partial charge in [0.15, 0.2) is 5.78 Å². The van der Waals surface area contributed by atoms with Crippen LogP contribution >= 0.6 is 0 Å². The second-order valence-corrected chi connectivity index (χ2v) is 4.27. The van der Waals surface area contributed by atoms with Gasteiger partial charge in [0.1, 0.15) is 0 Å². The van der Waals surface area contributed by atoms with E-state index in [0.29, 0.717) is 29.0 Å². The minimum atomic E-state index is -0.0965. The van der Waals surface area contributed by atoms with Crippen molar-refractivity contribution in [1.82, 2.24) is 9.97 Å². The molecule has 0 aliphatic heterocycles. The highest BCUT2D eigenvalue weighted by molar-refractivity contribution is 6.10. The molecule has 1 aromatic rings. The molecule has 1 heterocycles. The van der Waals surface area contributed by atoms with E-state index in [-0.39, 0.29) is 11.7 Å². The monoisotopic (exact) mass is 273 g/mol. The van der Waals surface area contributed by atoms with Crippen LogP contribution in [0.15, 0.2) is 17.3 Å². The lowest BCUT2D eigenvalue weighted by atomic mass is 9.98. The topological polar surface area (TPSA) is 119 Å². The summed E-state index contributed by atoms with van der Waals surface area (Å²) in [6.45, 7) is 5.34. The average Bonchev–Trinajstić information content (AvgIpc) is 2.40. The molecule has 0 fully saturated rings. The summed E-state index contributed by atoms with van der Waals surface area (Å²) in [6.07, 6.45) is 4.29. The fourth-order valence-electron chi connectivity index (χ4n) is 1.84. The first-order chi connectivity index (χ1) is 9.44. The first-order valence-corrected chi connectivity index (χ1v) is 6.22. The fraction of sp³-hybridized carbons (Fsp3) is 0.286. The van der Waals surface area contributed by atoms with Crippen LogP contribution < -0.4 is 11.5 Å². The van der Waals surface area contributed by atoms with Crippen LogP contribution in [-0.4, -0.2) is 22.0 Å². The number of Topliss-reactive ketones (excluding diaryl/α,β-unsaturated/α-hetero) is 1. The van der Waals surface area contributed by atoms with Crippen LogP contribution in [0.25, 0.3) is 6.08 Å². The molecular formula is C14H19N5O. The van der Waals surface area contributed by atoms with Crippen molar-refractivity contribution in [3.05, 3.63) is 34.3 Å². The van der Waals surface area contributed by atoms with Gasteiger partial charge in [0.25, 0.3) is 0 Å². The Labute approximate surface area is 118 Å². The lowest BCUT2D eigenvalue weighted by Crippen LogP contribution is -2.08. The number of aryl methyl sites for hydroxylation is 2. The van der Waals surface area contributed by atoms with Crippen LogP contribution in [0.1, 0.15) is 30.3 Å². The number of carbonyl (C=O) groups excluding carboxylic acids is 1. The van der Waals surface area contributed by atoms with Crippen molar-refractivity contribution in [3.63, 3.8) is 0 Å². The molecule has 0 aromatic carbocycles. The lowest BCUT2D eigenvalue weighted by molar-refractivity contribution is -0.114. The number of hydrogen-bond acceptors (Lipinski definition) is 6. The number of carbonyl (C=O) groups is 1. The summed E-state index contributed by atoms with van der Waals surface area (Å²) in [5, 5.41) is 7.35. The molecule has 0 radical (unpaired) electrons. The molecule has 0 atom stereocenters. The smallest absolute Gasteiger partial charge is 0.220 e. The minimum Gasteiger partial charge on any atom is -0.404 e. The number of nitrogen functional groups attached to an aromatic ring is 1. The summed E-state index contributed by atoms with van der Waals surface area (Å²) in [6, 6.07) is 0. The van der Waals surface area contributed by atoms with Gasteiger partial charge in [-0.15, -0.1) is 0 Å². The number of nitrogens with zero attached hydrogens (tertiary/aromatic N) is 2. The van der Waals surface area contributed by atoms with E-state index in [0.717, 1.165) is 11.8 Å². The van der Waals surface area contributed by atoms with Crippen LogP contribution in [0.3, 0.4) is 0 Å². The largest absolute Gasteiger partial charge is 0.404 e. The molecule has 5 N–H and O–H groups in total. The molecule has 0 aliphatic rings. The van der Waals surface area contributed by atoms with Crippen molar-refractivity contribution in [1.29, 1.82) is 5.41 Å². The van der Waals surface area contributed by atoms with E-state index < -0.39 is 0 Å². The molecule has 20 heavy (non-hydrogen) atoms. The molecule has 0 aliphatic carbocycles. The number of allylic oxidation sites excluding steroid dienone is 2. The Kier molecular flexibility index (Phi) is 5.14. The predicted molar refractivity (Wildman–Crippen MR) is 80.2 cm³/mol. The van der Waals surface area contributed by atoms with Gasteiger partial charge in [-0.05, 0) is 19.9 Å². The van der Waals surface area contributed by atoms with Crippen molar-refractivity contribution in [3.8, 4) is 0 Å². The molecule has 1 rings (SSSR count). The molecule has 0 amide bonds. The minimum absolute atomic E-state index is 0.0965. The summed E-state index contributed by atoms with van der Waals surface area (Å²) in [4.78, 5) is 20.2. The molecular weight excluding hydrogens is 254 g/mol. The maximum atomic E-state index is 12.0. The molecule has 0 unspecified atom stereocenters. The quantitative estimate of drug-likeness (QED) is 0.427. The van der Waals surface area contributed by atoms with Crippen LogP contribution in [0.2, 0.25) is 0 Å². The first-order valence-electron chi connectivity index (χ1n) is 6.22. The number of nitrogens with one attached hydrogen (secondary N) is 1. The van der Waals surface area contributed by atoms with E-state index in [4.69, 9.17) is 16.9 Å². The standard InChI is InChI=1S/C14H19N5O/c1-4-13(20)12(10(6-15)7-16)5-11-8(2)18-14(17)19-9(11)3/h5-7,15H,4,16H2,1-3H3,(H2,17,18,19)/b10-7+,12-5-,15-6?. The summed E-state index contributed by atoms with van der Waals surface area (Å²) in [5.41, 5.74) is 13.9. The van der Waals surface area contributed by atoms with Crippen LogP contribution in [0.4, 0.5) is 5.95 Å². The molecule has 0 spiro atoms. The Morgan fingerprint density at radius 2 is 1.85 bits per heavy atom. The number of rotatable bonds is 5. The third-order valence-corrected chi connectivity index (χ3v) is 2.90. The lowest BCUT2D eigenvalue weighted by Gasteiger charge is -2.09. The summed E-state index contributed by atoms with van der Waals surface area (Å²) in [7, 11) is 0. The number of hydrogen-bond donors (Lipinski definition) is 3. The van der Waals surface area contributed by atoms with Gasteiger partial charge in [0.2, 0.25) is 5.95 Å². The van der Waals surface area contributed by atoms with Gasteiger partial charge in [-0.2, -0.15) is 0 Å². The zero-order valence-corrected chi connectivity index (χ0v) is 11.9. The zero-order chi connectivity index (χ0) is 15.3. The Morgan fingerprint density at radius 3 is 2.25 bits per heavy atom. The molecule has 6 heteroatoms. The third kappa shape index (κ3) is 3.28. The number of aromatic nitrogens is 2. The molecule has 0 bridgehead atoms. The summed E-state index contributed by atoms with van der Waals surface area (Å²) < 4.78 is 0. The van der Waals surface area contributed by atoms with Crippen molar-refractivity contribution >= 4 is 24.0 Å². The molecule has 0 saturated heterocycles. The average molecular weight is 273 g/mol. The molecule has 106 valence electrons. The maximum absolute atomic E-state index is 12.0. The second-order valence-electron chi connectivity index (χ2n) is 4.27. The van der Waals surface area contributed by atoms with E-state index in [2.05, 4.69) is 9.97 Å². The van der Waals surface area contributed by atoms with Gasteiger partial charge >= 0.3 is 0 Å². The highest BCUT2D eigenvalue weighted by Crippen LogP contribution is 2.20. The molecule has 6 nitrogen and oxygen atoms in total. The summed E-state index contributed by atoms with van der Waals surface area (Å²) >= 11 is 0. The van der Waals surface area contributed by atoms with E-state index >= 15 is 0 Å². The summed E-state index contributed by atoms with van der Waals surface area (Å²) in [5.74, 6) is 0.1000. The third-order valence-electron chi connectivity index (χ3n) is 2.90. The Bertz CT molecular complexity index is 579. The fourth-order valence-corrected chi connectivity index (χ4v) is 1.84. The first kappa shape index (κ1) is 15.6. The van der Waals surface area contributed by atoms with E-state index in [9.17, 15) is 4.79 Å². The van der Waals surface area contributed by atoms with Gasteiger partial charge in [-0.1, -0.05) is 6.92 Å². The van der Waals surface area contributed by atoms with Crippen LogP contribution in [0.5, 0.6) is 0 Å². The van der Waals surface area contributed by atoms with Gasteiger partial charge in [0.05, 0.1) is 11.4 Å². The van der Waals surface area contributed by atoms with E-state index in [1.54, 1.807) is 26.8 Å².